The van der Waals surface area contributed by atoms with Crippen molar-refractivity contribution in [1.82, 2.24) is 5.32 Å². The van der Waals surface area contributed by atoms with E-state index in [2.05, 4.69) is 56.5 Å². The molecule has 3 unspecified atom stereocenters. The molecule has 0 aliphatic carbocycles. The number of unbranched alkanes of at least 4 members (excludes halogenated alkanes) is 23. The average Bonchev–Trinajstić information content (AvgIpc) is 3.20. The second-order valence-electron chi connectivity index (χ2n) is 16.2. The SMILES string of the molecule is CC/C=C/C=C/C=C\C=C/CCCCCC(=O)OC(CCCCCCC/C=C\CCCCCC)CC(=O)NC(CO)C(O)CCCCCCCCCCCCCC. The van der Waals surface area contributed by atoms with E-state index in [1.54, 1.807) is 0 Å². The van der Waals surface area contributed by atoms with Gasteiger partial charge in [-0.25, -0.2) is 0 Å². The molecule has 6 nitrogen and oxygen atoms in total. The monoisotopic (exact) mass is 798 g/mol. The molecule has 0 aromatic heterocycles. The third-order valence-corrected chi connectivity index (χ3v) is 10.7. The smallest absolute Gasteiger partial charge is 0.306 e. The molecule has 0 spiro atoms. The lowest BCUT2D eigenvalue weighted by atomic mass is 10.0. The van der Waals surface area contributed by atoms with Crippen LogP contribution in [-0.4, -0.2) is 46.9 Å². The Labute approximate surface area is 352 Å². The Hall–Kier alpha value is -2.44. The van der Waals surface area contributed by atoms with Crippen molar-refractivity contribution in [3.8, 4) is 0 Å². The highest BCUT2D eigenvalue weighted by Crippen LogP contribution is 2.17. The third kappa shape index (κ3) is 40.1. The summed E-state index contributed by atoms with van der Waals surface area (Å²) in [6, 6.07) is -0.712. The van der Waals surface area contributed by atoms with E-state index < -0.39 is 18.2 Å². The lowest BCUT2D eigenvalue weighted by Gasteiger charge is -2.24. The molecule has 0 aromatic rings. The predicted molar refractivity (Wildman–Crippen MR) is 245 cm³/mol. The first-order chi connectivity index (χ1) is 28.0. The van der Waals surface area contributed by atoms with Gasteiger partial charge in [-0.2, -0.15) is 0 Å². The minimum atomic E-state index is -0.797. The zero-order chi connectivity index (χ0) is 41.7. The third-order valence-electron chi connectivity index (χ3n) is 10.7. The summed E-state index contributed by atoms with van der Waals surface area (Å²) >= 11 is 0. The first-order valence-corrected chi connectivity index (χ1v) is 24.1. The van der Waals surface area contributed by atoms with Crippen molar-refractivity contribution in [1.29, 1.82) is 0 Å². The zero-order valence-electron chi connectivity index (χ0n) is 37.5. The summed E-state index contributed by atoms with van der Waals surface area (Å²) < 4.78 is 5.89. The first kappa shape index (κ1) is 54.6. The van der Waals surface area contributed by atoms with Gasteiger partial charge < -0.3 is 20.3 Å². The van der Waals surface area contributed by atoms with Crippen LogP contribution < -0.4 is 5.32 Å². The fourth-order valence-corrected chi connectivity index (χ4v) is 7.02. The van der Waals surface area contributed by atoms with Gasteiger partial charge in [0.25, 0.3) is 0 Å². The van der Waals surface area contributed by atoms with Gasteiger partial charge in [0.15, 0.2) is 0 Å². The molecular weight excluding hydrogens is 707 g/mol. The molecule has 0 radical (unpaired) electrons. The molecule has 0 saturated carbocycles. The number of nitrogens with one attached hydrogen (secondary N) is 1. The van der Waals surface area contributed by atoms with Crippen molar-refractivity contribution in [2.24, 2.45) is 0 Å². The summed E-state index contributed by atoms with van der Waals surface area (Å²) in [5.74, 6) is -0.529. The molecule has 0 rings (SSSR count). The number of ether oxygens (including phenoxy) is 1. The Balaban J connectivity index is 4.67. The van der Waals surface area contributed by atoms with Gasteiger partial charge in [-0.15, -0.1) is 0 Å². The topological polar surface area (TPSA) is 95.9 Å². The number of hydrogen-bond donors (Lipinski definition) is 3. The van der Waals surface area contributed by atoms with Gasteiger partial charge in [-0.1, -0.05) is 204 Å². The van der Waals surface area contributed by atoms with Crippen LogP contribution in [0.2, 0.25) is 0 Å². The van der Waals surface area contributed by atoms with Crippen molar-refractivity contribution in [2.45, 2.75) is 244 Å². The summed E-state index contributed by atoms with van der Waals surface area (Å²) in [7, 11) is 0. The maximum absolute atomic E-state index is 13.2. The molecule has 6 heteroatoms. The van der Waals surface area contributed by atoms with Gasteiger partial charge >= 0.3 is 5.97 Å². The van der Waals surface area contributed by atoms with E-state index in [0.29, 0.717) is 19.3 Å². The molecule has 1 amide bonds. The lowest BCUT2D eigenvalue weighted by molar-refractivity contribution is -0.151. The predicted octanol–water partition coefficient (Wildman–Crippen LogP) is 14.1. The van der Waals surface area contributed by atoms with Crippen molar-refractivity contribution in [3.05, 3.63) is 60.8 Å². The van der Waals surface area contributed by atoms with Crippen LogP contribution in [0.15, 0.2) is 60.8 Å². The molecule has 0 aliphatic heterocycles. The fourth-order valence-electron chi connectivity index (χ4n) is 7.02. The summed E-state index contributed by atoms with van der Waals surface area (Å²) in [4.78, 5) is 26.0. The highest BCUT2D eigenvalue weighted by atomic mass is 16.5. The molecule has 0 saturated heterocycles. The van der Waals surface area contributed by atoms with Crippen molar-refractivity contribution in [3.63, 3.8) is 0 Å². The number of hydrogen-bond acceptors (Lipinski definition) is 5. The van der Waals surface area contributed by atoms with E-state index in [0.717, 1.165) is 77.0 Å². The normalized spacial score (nSPS) is 13.8. The van der Waals surface area contributed by atoms with Gasteiger partial charge in [0.05, 0.1) is 25.2 Å². The largest absolute Gasteiger partial charge is 0.462 e. The Bertz CT molecular complexity index is 1030. The van der Waals surface area contributed by atoms with Gasteiger partial charge in [0.1, 0.15) is 6.10 Å². The fraction of sp³-hybridized carbons (Fsp3) is 0.765. The Morgan fingerprint density at radius 3 is 1.51 bits per heavy atom. The second-order valence-corrected chi connectivity index (χ2v) is 16.2. The first-order valence-electron chi connectivity index (χ1n) is 24.1. The second kappa shape index (κ2) is 44.7. The Kier molecular flexibility index (Phi) is 42.7. The van der Waals surface area contributed by atoms with Crippen LogP contribution in [0.4, 0.5) is 0 Å². The van der Waals surface area contributed by atoms with Crippen LogP contribution in [0.1, 0.15) is 226 Å². The van der Waals surface area contributed by atoms with E-state index in [4.69, 9.17) is 4.74 Å². The standard InChI is InChI=1S/C51H91NO5/c1-4-7-10-13-16-19-22-25-27-30-33-36-39-42-47(57-51(56)44-41-38-35-32-29-26-23-20-17-14-11-8-5-2)45-50(55)52-48(46-53)49(54)43-40-37-34-31-28-24-21-18-15-12-9-6-3/h8,11,14,17,19-20,22-23,26,29,47-49,53-54H,4-7,9-10,12-13,15-16,18,21,24-25,27-28,30-46H2,1-3H3,(H,52,55)/b11-8+,17-14+,22-19-,23-20-,29-26-. The van der Waals surface area contributed by atoms with E-state index in [1.807, 2.05) is 30.4 Å². The number of amides is 1. The lowest BCUT2D eigenvalue weighted by Crippen LogP contribution is -2.46. The highest BCUT2D eigenvalue weighted by Gasteiger charge is 2.24. The van der Waals surface area contributed by atoms with E-state index in [-0.39, 0.29) is 24.9 Å². The molecule has 57 heavy (non-hydrogen) atoms. The zero-order valence-corrected chi connectivity index (χ0v) is 37.5. The summed E-state index contributed by atoms with van der Waals surface area (Å²) in [5.41, 5.74) is 0. The van der Waals surface area contributed by atoms with E-state index in [1.165, 1.54) is 103 Å². The minimum Gasteiger partial charge on any atom is -0.462 e. The number of carbonyl (C=O) groups is 2. The molecule has 3 N–H and O–H groups in total. The maximum atomic E-state index is 13.2. The van der Waals surface area contributed by atoms with Crippen LogP contribution in [0, 0.1) is 0 Å². The number of esters is 1. The van der Waals surface area contributed by atoms with Gasteiger partial charge in [-0.3, -0.25) is 9.59 Å². The molecule has 0 fully saturated rings. The van der Waals surface area contributed by atoms with Crippen LogP contribution >= 0.6 is 0 Å². The minimum absolute atomic E-state index is 0.0546. The quantitative estimate of drug-likeness (QED) is 0.0247. The summed E-state index contributed by atoms with van der Waals surface area (Å²) in [6.07, 6.45) is 54.2. The van der Waals surface area contributed by atoms with E-state index in [9.17, 15) is 19.8 Å². The van der Waals surface area contributed by atoms with Crippen molar-refractivity contribution >= 4 is 11.9 Å². The van der Waals surface area contributed by atoms with Crippen molar-refractivity contribution in [2.75, 3.05) is 6.61 Å². The van der Waals surface area contributed by atoms with Crippen LogP contribution in [-0.2, 0) is 14.3 Å². The van der Waals surface area contributed by atoms with Gasteiger partial charge in [0, 0.05) is 6.42 Å². The number of aliphatic hydroxyl groups is 2. The Morgan fingerprint density at radius 2 is 0.965 bits per heavy atom. The average molecular weight is 798 g/mol. The molecule has 0 aliphatic rings. The van der Waals surface area contributed by atoms with E-state index >= 15 is 0 Å². The number of carbonyl (C=O) groups excluding carboxylic acids is 2. The summed E-state index contributed by atoms with van der Waals surface area (Å²) in [6.45, 7) is 6.31. The van der Waals surface area contributed by atoms with Gasteiger partial charge in [-0.05, 0) is 70.6 Å². The van der Waals surface area contributed by atoms with Crippen LogP contribution in [0.5, 0.6) is 0 Å². The maximum Gasteiger partial charge on any atom is 0.306 e. The molecule has 0 bridgehead atoms. The molecule has 0 heterocycles. The molecule has 0 aromatic carbocycles. The molecular formula is C51H91NO5. The number of allylic oxidation sites excluding steroid dienone is 10. The number of rotatable bonds is 42. The van der Waals surface area contributed by atoms with Crippen molar-refractivity contribution < 1.29 is 24.5 Å². The Morgan fingerprint density at radius 1 is 0.526 bits per heavy atom. The van der Waals surface area contributed by atoms with Gasteiger partial charge in [0.2, 0.25) is 5.91 Å². The highest BCUT2D eigenvalue weighted by molar-refractivity contribution is 5.77. The van der Waals surface area contributed by atoms with Crippen LogP contribution in [0.25, 0.3) is 0 Å². The molecule has 3 atom stereocenters. The van der Waals surface area contributed by atoms with Crippen LogP contribution in [0.3, 0.4) is 0 Å². The number of aliphatic hydroxyl groups excluding tert-OH is 2. The summed E-state index contributed by atoms with van der Waals surface area (Å²) in [5, 5.41) is 23.7. The molecule has 330 valence electrons.